The molecule has 9 heteroatoms. The van der Waals surface area contributed by atoms with E-state index in [2.05, 4.69) is 51.6 Å². The van der Waals surface area contributed by atoms with Crippen LogP contribution in [0.2, 0.25) is 0 Å². The summed E-state index contributed by atoms with van der Waals surface area (Å²) in [6.45, 7) is 7.58. The quantitative estimate of drug-likeness (QED) is 0.758. The predicted molar refractivity (Wildman–Crippen MR) is 95.2 cm³/mol. The molecule has 3 N–H and O–H groups in total. The lowest BCUT2D eigenvalue weighted by molar-refractivity contribution is -0.192. The molecule has 1 aliphatic rings. The maximum atomic E-state index is 10.6. The number of H-pyrrole nitrogens is 1. The second-order valence-corrected chi connectivity index (χ2v) is 6.32. The van der Waals surface area contributed by atoms with Crippen molar-refractivity contribution in [2.45, 2.75) is 26.1 Å². The first-order chi connectivity index (χ1) is 12.8. The summed E-state index contributed by atoms with van der Waals surface area (Å²) in [6.07, 6.45) is -1.90. The fourth-order valence-electron chi connectivity index (χ4n) is 2.78. The van der Waals surface area contributed by atoms with Gasteiger partial charge in [0.25, 0.3) is 0 Å². The number of nitrogens with one attached hydrogen (secondary N) is 2. The molecular weight excluding hydrogens is 361 g/mol. The summed E-state index contributed by atoms with van der Waals surface area (Å²) in [7, 11) is 0. The van der Waals surface area contributed by atoms with E-state index in [1.165, 1.54) is 23.1 Å². The maximum Gasteiger partial charge on any atom is 0.490 e. The molecule has 1 aromatic carbocycles. The van der Waals surface area contributed by atoms with Gasteiger partial charge in [-0.05, 0) is 32.5 Å². The Hall–Kier alpha value is -2.39. The van der Waals surface area contributed by atoms with E-state index in [-0.39, 0.29) is 0 Å². The Morgan fingerprint density at radius 1 is 1.30 bits per heavy atom. The number of aliphatic carboxylic acids is 1. The summed E-state index contributed by atoms with van der Waals surface area (Å²) in [5.41, 5.74) is 4.95. The number of aromatic nitrogens is 2. The smallest absolute Gasteiger partial charge is 0.475 e. The Labute approximate surface area is 155 Å². The van der Waals surface area contributed by atoms with Gasteiger partial charge in [0.05, 0.1) is 11.9 Å². The molecule has 0 atom stereocenters. The molecule has 0 unspecified atom stereocenters. The molecule has 0 spiro atoms. The number of rotatable bonds is 3. The van der Waals surface area contributed by atoms with E-state index < -0.39 is 12.1 Å². The second-order valence-electron chi connectivity index (χ2n) is 6.32. The molecule has 0 radical (unpaired) electrons. The highest BCUT2D eigenvalue weighted by Gasteiger charge is 2.38. The van der Waals surface area contributed by atoms with Gasteiger partial charge >= 0.3 is 12.1 Å². The molecular formula is C18H23F3N4O2. The maximum absolute atomic E-state index is 10.6. The number of halogens is 3. The van der Waals surface area contributed by atoms with Crippen LogP contribution in [0.1, 0.15) is 17.5 Å². The van der Waals surface area contributed by atoms with Gasteiger partial charge in [0.15, 0.2) is 0 Å². The Balaban J connectivity index is 0.000000321. The van der Waals surface area contributed by atoms with Crippen molar-refractivity contribution in [1.29, 1.82) is 0 Å². The van der Waals surface area contributed by atoms with Crippen molar-refractivity contribution >= 4 is 5.97 Å². The molecule has 2 aromatic rings. The van der Waals surface area contributed by atoms with Crippen LogP contribution >= 0.6 is 0 Å². The van der Waals surface area contributed by atoms with Crippen molar-refractivity contribution in [3.05, 3.63) is 41.6 Å². The normalized spacial score (nSPS) is 15.6. The summed E-state index contributed by atoms with van der Waals surface area (Å²) in [6, 6.07) is 8.58. The van der Waals surface area contributed by atoms with Crippen molar-refractivity contribution < 1.29 is 23.1 Å². The zero-order valence-electron chi connectivity index (χ0n) is 15.0. The lowest BCUT2D eigenvalue weighted by Gasteiger charge is -2.19. The van der Waals surface area contributed by atoms with Crippen molar-refractivity contribution in [2.24, 2.45) is 0 Å². The number of carboxylic acids is 1. The van der Waals surface area contributed by atoms with Gasteiger partial charge in [0, 0.05) is 30.8 Å². The molecule has 0 aliphatic carbocycles. The first kappa shape index (κ1) is 20.9. The highest BCUT2D eigenvalue weighted by molar-refractivity contribution is 5.73. The van der Waals surface area contributed by atoms with E-state index >= 15 is 0 Å². The Morgan fingerprint density at radius 3 is 2.70 bits per heavy atom. The van der Waals surface area contributed by atoms with Crippen LogP contribution in [0.15, 0.2) is 30.5 Å². The summed E-state index contributed by atoms with van der Waals surface area (Å²) in [5, 5.41) is 18.0. The molecule has 2 heterocycles. The fourth-order valence-corrected chi connectivity index (χ4v) is 2.78. The average Bonchev–Trinajstić information content (AvgIpc) is 2.90. The number of carbonyl (C=O) groups is 1. The Bertz CT molecular complexity index is 738. The number of nitrogens with zero attached hydrogens (tertiary/aromatic N) is 2. The van der Waals surface area contributed by atoms with Crippen molar-refractivity contribution in [3.8, 4) is 11.3 Å². The minimum Gasteiger partial charge on any atom is -0.475 e. The van der Waals surface area contributed by atoms with E-state index in [1.54, 1.807) is 0 Å². The summed E-state index contributed by atoms with van der Waals surface area (Å²) in [4.78, 5) is 11.4. The van der Waals surface area contributed by atoms with E-state index in [1.807, 2.05) is 6.20 Å². The number of alkyl halides is 3. The first-order valence-electron chi connectivity index (χ1n) is 8.60. The predicted octanol–water partition coefficient (Wildman–Crippen LogP) is 2.81. The van der Waals surface area contributed by atoms with Crippen LogP contribution in [0, 0.1) is 6.92 Å². The minimum atomic E-state index is -5.08. The number of aromatic amines is 1. The standard InChI is InChI=1S/C16H22N4.C2HF3O2/c1-13-4-2-5-14(10-13)16-15(11-18-19-16)12-20-8-3-6-17-7-9-20;3-2(4,5)1(6)7/h2,4-5,10-11,17H,3,6-9,12H2,1H3,(H,18,19);(H,6,7). The van der Waals surface area contributed by atoms with Crippen molar-refractivity contribution in [2.75, 3.05) is 26.2 Å². The molecule has 148 valence electrons. The number of hydrogen-bond donors (Lipinski definition) is 3. The van der Waals surface area contributed by atoms with Gasteiger partial charge < -0.3 is 10.4 Å². The Kier molecular flexibility index (Phi) is 7.37. The van der Waals surface area contributed by atoms with Gasteiger partial charge in [-0.1, -0.05) is 23.8 Å². The van der Waals surface area contributed by atoms with Crippen molar-refractivity contribution in [3.63, 3.8) is 0 Å². The number of hydrogen-bond acceptors (Lipinski definition) is 4. The highest BCUT2D eigenvalue weighted by Crippen LogP contribution is 2.23. The van der Waals surface area contributed by atoms with Gasteiger partial charge in [-0.15, -0.1) is 0 Å². The van der Waals surface area contributed by atoms with Gasteiger partial charge in [0.1, 0.15) is 0 Å². The molecule has 1 saturated heterocycles. The van der Waals surface area contributed by atoms with E-state index in [4.69, 9.17) is 9.90 Å². The van der Waals surface area contributed by atoms with Crippen LogP contribution in [0.3, 0.4) is 0 Å². The molecule has 1 aromatic heterocycles. The molecule has 1 fully saturated rings. The molecule has 0 saturated carbocycles. The number of aryl methyl sites for hydroxylation is 1. The third-order valence-corrected chi connectivity index (χ3v) is 4.09. The Morgan fingerprint density at radius 2 is 2.04 bits per heavy atom. The third-order valence-electron chi connectivity index (χ3n) is 4.09. The van der Waals surface area contributed by atoms with E-state index in [0.717, 1.165) is 38.4 Å². The summed E-state index contributed by atoms with van der Waals surface area (Å²) < 4.78 is 31.7. The van der Waals surface area contributed by atoms with Crippen LogP contribution in [0.5, 0.6) is 0 Å². The molecule has 1 aliphatic heterocycles. The molecule has 27 heavy (non-hydrogen) atoms. The third kappa shape index (κ3) is 6.69. The lowest BCUT2D eigenvalue weighted by atomic mass is 10.1. The van der Waals surface area contributed by atoms with Gasteiger partial charge in [-0.2, -0.15) is 18.3 Å². The van der Waals surface area contributed by atoms with Crippen LogP contribution in [-0.4, -0.2) is 58.5 Å². The summed E-state index contributed by atoms with van der Waals surface area (Å²) in [5.74, 6) is -2.76. The van der Waals surface area contributed by atoms with Gasteiger partial charge in [0.2, 0.25) is 0 Å². The number of benzene rings is 1. The highest BCUT2D eigenvalue weighted by atomic mass is 19.4. The molecule has 6 nitrogen and oxygen atoms in total. The van der Waals surface area contributed by atoms with E-state index in [9.17, 15) is 13.2 Å². The molecule has 0 bridgehead atoms. The second kappa shape index (κ2) is 9.52. The lowest BCUT2D eigenvalue weighted by Crippen LogP contribution is -2.27. The van der Waals surface area contributed by atoms with Gasteiger partial charge in [-0.3, -0.25) is 10.00 Å². The first-order valence-corrected chi connectivity index (χ1v) is 8.60. The zero-order valence-corrected chi connectivity index (χ0v) is 15.0. The monoisotopic (exact) mass is 384 g/mol. The van der Waals surface area contributed by atoms with E-state index in [0.29, 0.717) is 0 Å². The zero-order chi connectivity index (χ0) is 19.9. The molecule has 3 rings (SSSR count). The van der Waals surface area contributed by atoms with Crippen molar-refractivity contribution in [1.82, 2.24) is 20.4 Å². The fraction of sp³-hybridized carbons (Fsp3) is 0.444. The topological polar surface area (TPSA) is 81.2 Å². The van der Waals surface area contributed by atoms with Crippen LogP contribution in [0.25, 0.3) is 11.3 Å². The molecule has 0 amide bonds. The summed E-state index contributed by atoms with van der Waals surface area (Å²) >= 11 is 0. The largest absolute Gasteiger partial charge is 0.490 e. The van der Waals surface area contributed by atoms with Crippen LogP contribution < -0.4 is 5.32 Å². The minimum absolute atomic E-state index is 0.974. The SMILES string of the molecule is Cc1cccc(-c2[nH]ncc2CN2CCCNCC2)c1.O=C(O)C(F)(F)F. The van der Waals surface area contributed by atoms with Crippen LogP contribution in [0.4, 0.5) is 13.2 Å². The van der Waals surface area contributed by atoms with Gasteiger partial charge in [-0.25, -0.2) is 4.79 Å². The average molecular weight is 384 g/mol. The number of carboxylic acid groups (broad SMARTS) is 1. The van der Waals surface area contributed by atoms with Crippen LogP contribution in [-0.2, 0) is 11.3 Å².